The topological polar surface area (TPSA) is 71.5 Å². The smallest absolute Gasteiger partial charge is 0.413 e. The molecule has 0 aliphatic heterocycles. The number of para-hydroxylation sites is 1. The van der Waals surface area contributed by atoms with Crippen molar-refractivity contribution in [3.8, 4) is 0 Å². The summed E-state index contributed by atoms with van der Waals surface area (Å²) in [5.74, 6) is -0.114. The van der Waals surface area contributed by atoms with E-state index in [1.54, 1.807) is 31.3 Å². The second-order valence-electron chi connectivity index (χ2n) is 6.62. The van der Waals surface area contributed by atoms with E-state index in [1.165, 1.54) is 12.0 Å². The number of carbonyl (C=O) groups excluding carboxylic acids is 2. The number of nitrogens with one attached hydrogen (secondary N) is 1. The van der Waals surface area contributed by atoms with E-state index in [9.17, 15) is 9.59 Å². The van der Waals surface area contributed by atoms with Gasteiger partial charge in [-0.3, -0.25) is 14.7 Å². The summed E-state index contributed by atoms with van der Waals surface area (Å²) in [6.45, 7) is 3.95. The number of pyridine rings is 1. The van der Waals surface area contributed by atoms with E-state index in [-0.39, 0.29) is 12.3 Å². The van der Waals surface area contributed by atoms with Gasteiger partial charge in [-0.15, -0.1) is 0 Å². The number of amides is 2. The lowest BCUT2D eigenvalue weighted by atomic mass is 9.99. The van der Waals surface area contributed by atoms with Crippen LogP contribution in [-0.2, 0) is 16.0 Å². The first kappa shape index (κ1) is 19.4. The molecular formula is C22H23N3O3. The van der Waals surface area contributed by atoms with Crippen LogP contribution in [0, 0.1) is 13.8 Å². The second-order valence-corrected chi connectivity index (χ2v) is 6.62. The molecule has 1 aromatic heterocycles. The predicted octanol–water partition coefficient (Wildman–Crippen LogP) is 4.24. The summed E-state index contributed by atoms with van der Waals surface area (Å²) >= 11 is 0. The van der Waals surface area contributed by atoms with Gasteiger partial charge in [0.2, 0.25) is 5.91 Å². The fourth-order valence-electron chi connectivity index (χ4n) is 3.21. The Morgan fingerprint density at radius 1 is 1.07 bits per heavy atom. The number of benzene rings is 2. The van der Waals surface area contributed by atoms with Crippen LogP contribution in [0.4, 0.5) is 16.2 Å². The molecule has 0 aliphatic carbocycles. The van der Waals surface area contributed by atoms with E-state index in [0.29, 0.717) is 11.4 Å². The maximum Gasteiger partial charge on any atom is 0.413 e. The third kappa shape index (κ3) is 3.96. The molecular weight excluding hydrogens is 354 g/mol. The number of carbonyl (C=O) groups is 2. The quantitative estimate of drug-likeness (QED) is 0.738. The van der Waals surface area contributed by atoms with Crippen molar-refractivity contribution in [2.45, 2.75) is 20.3 Å². The van der Waals surface area contributed by atoms with Crippen molar-refractivity contribution in [1.82, 2.24) is 4.98 Å². The Balaban J connectivity index is 1.74. The molecule has 28 heavy (non-hydrogen) atoms. The maximum absolute atomic E-state index is 12.6. The summed E-state index contributed by atoms with van der Waals surface area (Å²) < 4.78 is 4.69. The monoisotopic (exact) mass is 377 g/mol. The number of hydrogen-bond acceptors (Lipinski definition) is 4. The summed E-state index contributed by atoms with van der Waals surface area (Å²) in [5, 5.41) is 3.96. The van der Waals surface area contributed by atoms with Crippen molar-refractivity contribution in [2.75, 3.05) is 24.4 Å². The van der Waals surface area contributed by atoms with Crippen LogP contribution in [0.3, 0.4) is 0 Å². The normalized spacial score (nSPS) is 10.6. The number of aryl methyl sites for hydroxylation is 2. The SMILES string of the molecule is COC(=O)N(C)c1ccc(NC(=O)Cc2c(C)nc3ccccc3c2C)cc1. The molecule has 1 N–H and O–H groups in total. The van der Waals surface area contributed by atoms with E-state index >= 15 is 0 Å². The summed E-state index contributed by atoms with van der Waals surface area (Å²) in [5.41, 5.74) is 5.16. The third-order valence-corrected chi connectivity index (χ3v) is 4.81. The molecule has 0 radical (unpaired) electrons. The minimum absolute atomic E-state index is 0.114. The molecule has 2 amide bonds. The molecule has 6 heteroatoms. The van der Waals surface area contributed by atoms with Gasteiger partial charge in [-0.1, -0.05) is 18.2 Å². The number of nitrogens with zero attached hydrogens (tertiary/aromatic N) is 2. The van der Waals surface area contributed by atoms with Gasteiger partial charge in [0, 0.05) is 29.5 Å². The van der Waals surface area contributed by atoms with Crippen LogP contribution in [0.5, 0.6) is 0 Å². The lowest BCUT2D eigenvalue weighted by Crippen LogP contribution is -2.25. The van der Waals surface area contributed by atoms with E-state index in [0.717, 1.165) is 27.7 Å². The van der Waals surface area contributed by atoms with Crippen LogP contribution in [0.15, 0.2) is 48.5 Å². The van der Waals surface area contributed by atoms with Gasteiger partial charge in [0.05, 0.1) is 19.0 Å². The molecule has 2 aromatic carbocycles. The number of fused-ring (bicyclic) bond motifs is 1. The molecule has 3 aromatic rings. The Morgan fingerprint density at radius 3 is 2.43 bits per heavy atom. The molecule has 3 rings (SSSR count). The van der Waals surface area contributed by atoms with Gasteiger partial charge in [-0.25, -0.2) is 4.79 Å². The van der Waals surface area contributed by atoms with Crippen molar-refractivity contribution >= 4 is 34.3 Å². The summed E-state index contributed by atoms with van der Waals surface area (Å²) in [6.07, 6.45) is -0.203. The van der Waals surface area contributed by atoms with Crippen molar-refractivity contribution in [3.63, 3.8) is 0 Å². The highest BCUT2D eigenvalue weighted by atomic mass is 16.5. The first-order valence-electron chi connectivity index (χ1n) is 8.97. The molecule has 0 aliphatic rings. The number of rotatable bonds is 4. The van der Waals surface area contributed by atoms with Gasteiger partial charge in [-0.2, -0.15) is 0 Å². The van der Waals surface area contributed by atoms with Crippen LogP contribution >= 0.6 is 0 Å². The second kappa shape index (κ2) is 8.08. The Morgan fingerprint density at radius 2 is 1.75 bits per heavy atom. The summed E-state index contributed by atoms with van der Waals surface area (Å²) in [6, 6.07) is 14.9. The fourth-order valence-corrected chi connectivity index (χ4v) is 3.21. The Labute approximate surface area is 164 Å². The van der Waals surface area contributed by atoms with Gasteiger partial charge in [0.15, 0.2) is 0 Å². The fraction of sp³-hybridized carbons (Fsp3) is 0.227. The number of hydrogen-bond donors (Lipinski definition) is 1. The Bertz CT molecular complexity index is 1030. The minimum atomic E-state index is -0.452. The molecule has 0 fully saturated rings. The van der Waals surface area contributed by atoms with E-state index in [1.807, 2.05) is 38.1 Å². The van der Waals surface area contributed by atoms with Gasteiger partial charge in [0.25, 0.3) is 0 Å². The number of anilines is 2. The maximum atomic E-state index is 12.6. The van der Waals surface area contributed by atoms with Crippen molar-refractivity contribution in [3.05, 3.63) is 65.4 Å². The molecule has 1 heterocycles. The van der Waals surface area contributed by atoms with Crippen LogP contribution in [0.25, 0.3) is 10.9 Å². The first-order valence-corrected chi connectivity index (χ1v) is 8.97. The molecule has 0 atom stereocenters. The Hall–Kier alpha value is -3.41. The molecule has 0 saturated heterocycles. The van der Waals surface area contributed by atoms with Crippen molar-refractivity contribution < 1.29 is 14.3 Å². The van der Waals surface area contributed by atoms with Gasteiger partial charge in [-0.05, 0) is 55.3 Å². The van der Waals surface area contributed by atoms with Crippen LogP contribution in [0.2, 0.25) is 0 Å². The van der Waals surface area contributed by atoms with E-state index in [2.05, 4.69) is 10.3 Å². The lowest BCUT2D eigenvalue weighted by Gasteiger charge is -2.16. The highest BCUT2D eigenvalue weighted by Gasteiger charge is 2.14. The van der Waals surface area contributed by atoms with E-state index < -0.39 is 6.09 Å². The lowest BCUT2D eigenvalue weighted by molar-refractivity contribution is -0.115. The Kier molecular flexibility index (Phi) is 5.59. The molecule has 0 spiro atoms. The highest BCUT2D eigenvalue weighted by molar-refractivity contribution is 5.94. The van der Waals surface area contributed by atoms with Gasteiger partial charge >= 0.3 is 6.09 Å². The number of ether oxygens (including phenoxy) is 1. The van der Waals surface area contributed by atoms with Crippen LogP contribution in [0.1, 0.15) is 16.8 Å². The first-order chi connectivity index (χ1) is 13.4. The molecule has 0 saturated carbocycles. The average molecular weight is 377 g/mol. The van der Waals surface area contributed by atoms with Crippen LogP contribution < -0.4 is 10.2 Å². The summed E-state index contributed by atoms with van der Waals surface area (Å²) in [7, 11) is 2.96. The van der Waals surface area contributed by atoms with Crippen molar-refractivity contribution in [1.29, 1.82) is 0 Å². The third-order valence-electron chi connectivity index (χ3n) is 4.81. The standard InChI is InChI=1S/C22H23N3O3/c1-14-18-7-5-6-8-20(18)23-15(2)19(14)13-21(26)24-16-9-11-17(12-10-16)25(3)22(27)28-4/h5-12H,13H2,1-4H3,(H,24,26). The molecule has 0 bridgehead atoms. The molecule has 0 unspecified atom stereocenters. The van der Waals surface area contributed by atoms with Crippen molar-refractivity contribution in [2.24, 2.45) is 0 Å². The van der Waals surface area contributed by atoms with Gasteiger partial charge < -0.3 is 10.1 Å². The van der Waals surface area contributed by atoms with Crippen LogP contribution in [-0.4, -0.2) is 31.1 Å². The molecule has 6 nitrogen and oxygen atoms in total. The van der Waals surface area contributed by atoms with Gasteiger partial charge in [0.1, 0.15) is 0 Å². The largest absolute Gasteiger partial charge is 0.452 e. The number of methoxy groups -OCH3 is 1. The zero-order valence-electron chi connectivity index (χ0n) is 16.4. The summed E-state index contributed by atoms with van der Waals surface area (Å²) in [4.78, 5) is 30.1. The minimum Gasteiger partial charge on any atom is -0.452 e. The zero-order valence-corrected chi connectivity index (χ0v) is 16.4. The molecule has 144 valence electrons. The highest BCUT2D eigenvalue weighted by Crippen LogP contribution is 2.23. The van der Waals surface area contributed by atoms with E-state index in [4.69, 9.17) is 4.74 Å². The zero-order chi connectivity index (χ0) is 20.3. The predicted molar refractivity (Wildman–Crippen MR) is 111 cm³/mol. The number of aromatic nitrogens is 1. The average Bonchev–Trinajstić information content (AvgIpc) is 2.70.